The molecule has 0 aliphatic rings. The van der Waals surface area contributed by atoms with Crippen LogP contribution in [0.3, 0.4) is 0 Å². The van der Waals surface area contributed by atoms with Crippen molar-refractivity contribution in [2.45, 2.75) is 0 Å². The lowest BCUT2D eigenvalue weighted by Crippen LogP contribution is -2.17. The molecule has 0 fully saturated rings. The van der Waals surface area contributed by atoms with Crippen LogP contribution in [0.4, 0.5) is 0 Å². The van der Waals surface area contributed by atoms with Crippen LogP contribution in [0.2, 0.25) is 0 Å². The Morgan fingerprint density at radius 3 is 1.35 bits per heavy atom. The lowest BCUT2D eigenvalue weighted by Gasteiger charge is -2.12. The van der Waals surface area contributed by atoms with E-state index in [9.17, 15) is 4.57 Å². The van der Waals surface area contributed by atoms with Gasteiger partial charge in [-0.25, -0.2) is 4.57 Å². The molecule has 17 heavy (non-hydrogen) atoms. The molecule has 0 amide bonds. The topological polar surface area (TPSA) is 118 Å². The van der Waals surface area contributed by atoms with E-state index in [1.165, 1.54) is 0 Å². The van der Waals surface area contributed by atoms with Gasteiger partial charge in [-0.1, -0.05) is 15.3 Å². The first-order valence-electron chi connectivity index (χ1n) is 3.30. The van der Waals surface area contributed by atoms with Gasteiger partial charge in [0.2, 0.25) is 0 Å². The number of rotatable bonds is 9. The third kappa shape index (κ3) is 8.69. The molecule has 0 heterocycles. The fraction of sp³-hybridized carbons (Fsp3) is 0. The molecule has 0 aromatic heterocycles. The Balaban J connectivity index is 4.42. The van der Waals surface area contributed by atoms with Crippen LogP contribution in [0.1, 0.15) is 0 Å². The third-order valence-electron chi connectivity index (χ3n) is 0.732. The van der Waals surface area contributed by atoms with Gasteiger partial charge in [-0.2, -0.15) is 16.8 Å². The Kier molecular flexibility index (Phi) is 9.44. The molecule has 0 saturated heterocycles. The van der Waals surface area contributed by atoms with Gasteiger partial charge in [-0.15, -0.1) is 13.9 Å². The van der Waals surface area contributed by atoms with Crippen LogP contribution in [-0.2, 0) is 18.4 Å². The maximum absolute atomic E-state index is 11.6. The fourth-order valence-electron chi connectivity index (χ4n) is 0.323. The summed E-state index contributed by atoms with van der Waals surface area (Å²) in [6, 6.07) is 0. The number of phosphoric acid groups is 1. The maximum atomic E-state index is 11.6. The molecule has 0 unspecified atom stereocenters. The molecule has 10 nitrogen and oxygen atoms in total. The molecule has 0 bridgehead atoms. The van der Waals surface area contributed by atoms with Crippen molar-refractivity contribution < 1.29 is 18.4 Å². The lowest BCUT2D eigenvalue weighted by molar-refractivity contribution is 0.0187. The molecule has 3 N–H and O–H groups in total. The predicted molar refractivity (Wildman–Crippen MR) is 65.3 cm³/mol. The molecule has 0 radical (unpaired) electrons. The molecule has 0 aromatic rings. The zero-order valence-corrected chi connectivity index (χ0v) is 11.0. The van der Waals surface area contributed by atoms with Crippen LogP contribution < -0.4 is 16.8 Å². The first-order valence-corrected chi connectivity index (χ1v) is 5.98. The molecule has 14 heteroatoms. The van der Waals surface area contributed by atoms with Crippen molar-refractivity contribution in [1.82, 2.24) is 16.8 Å². The van der Waals surface area contributed by atoms with Crippen LogP contribution in [-0.4, -0.2) is 15.5 Å². The van der Waals surface area contributed by atoms with Crippen LogP contribution in [0.15, 0.2) is 15.3 Å². The van der Waals surface area contributed by atoms with E-state index in [4.69, 9.17) is 0 Å². The van der Waals surface area contributed by atoms with Crippen LogP contribution >= 0.6 is 44.5 Å². The summed E-state index contributed by atoms with van der Waals surface area (Å²) in [7, 11) is -4.18. The van der Waals surface area contributed by atoms with Gasteiger partial charge in [-0.3, -0.25) is 0 Å². The maximum Gasteiger partial charge on any atom is 0.543 e. The van der Waals surface area contributed by atoms with Crippen LogP contribution in [0.25, 0.3) is 0 Å². The average Bonchev–Trinajstić information content (AvgIpc) is 2.30. The summed E-state index contributed by atoms with van der Waals surface area (Å²) >= 11 is 12.6. The molecule has 0 rings (SSSR count). The number of nitrogens with zero attached hydrogens (tertiary/aromatic N) is 3. The summed E-state index contributed by atoms with van der Waals surface area (Å²) in [6.07, 6.45) is 0. The summed E-state index contributed by atoms with van der Waals surface area (Å²) in [5.74, 6) is 0. The number of hydrogen-bond acceptors (Lipinski definition) is 13. The first-order chi connectivity index (χ1) is 8.18. The van der Waals surface area contributed by atoms with Crippen molar-refractivity contribution in [3.8, 4) is 0 Å². The quantitative estimate of drug-likeness (QED) is 0.243. The van der Waals surface area contributed by atoms with Crippen molar-refractivity contribution in [2.75, 3.05) is 0 Å². The van der Waals surface area contributed by atoms with Crippen molar-refractivity contribution in [1.29, 1.82) is 0 Å². The van der Waals surface area contributed by atoms with Crippen molar-refractivity contribution >= 4 is 60.0 Å². The van der Waals surface area contributed by atoms with E-state index < -0.39 is 7.82 Å². The van der Waals surface area contributed by atoms with Crippen molar-refractivity contribution in [2.24, 2.45) is 15.3 Å². The summed E-state index contributed by atoms with van der Waals surface area (Å²) in [5, 5.41) is 14.9. The highest BCUT2D eigenvalue weighted by Crippen LogP contribution is 2.46. The number of nitrogens with one attached hydrogen (secondary N) is 3. The van der Waals surface area contributed by atoms with Gasteiger partial charge < -0.3 is 0 Å². The molecule has 0 aromatic carbocycles. The van der Waals surface area contributed by atoms with E-state index in [1.807, 2.05) is 15.5 Å². The van der Waals surface area contributed by atoms with Gasteiger partial charge in [0.1, 0.15) is 0 Å². The van der Waals surface area contributed by atoms with Gasteiger partial charge in [0.25, 0.3) is 0 Å². The number of hydrogen-bond donors (Lipinski definition) is 3. The Morgan fingerprint density at radius 2 is 1.12 bits per heavy atom. The Hall–Kier alpha value is -1.09. The highest BCUT2D eigenvalue weighted by atomic mass is 32.1. The first kappa shape index (κ1) is 15.9. The zero-order chi connectivity index (χ0) is 13.0. The van der Waals surface area contributed by atoms with E-state index in [-0.39, 0.29) is 0 Å². The van der Waals surface area contributed by atoms with Gasteiger partial charge in [0, 0.05) is 0 Å². The van der Waals surface area contributed by atoms with Crippen LogP contribution in [0, 0.1) is 0 Å². The van der Waals surface area contributed by atoms with Gasteiger partial charge in [0.05, 0.1) is 15.5 Å². The van der Waals surface area contributed by atoms with Crippen LogP contribution in [0.5, 0.6) is 0 Å². The highest BCUT2D eigenvalue weighted by Gasteiger charge is 2.30. The Labute approximate surface area is 111 Å². The van der Waals surface area contributed by atoms with Gasteiger partial charge in [-0.05, 0) is 36.7 Å². The zero-order valence-electron chi connectivity index (χ0n) is 7.65. The molecule has 0 aliphatic carbocycles. The smallest absolute Gasteiger partial charge is 0.222 e. The van der Waals surface area contributed by atoms with Crippen molar-refractivity contribution in [3.05, 3.63) is 0 Å². The standard InChI is InChI=1S/C3H3N6O4PS3/c10-14(11-7-4-1-15,12-8-5-2-16)13-9-6-3-17/h7-9H. The molecule has 92 valence electrons. The summed E-state index contributed by atoms with van der Waals surface area (Å²) in [6.45, 7) is 0. The Bertz CT molecular complexity index is 364. The summed E-state index contributed by atoms with van der Waals surface area (Å²) < 4.78 is 24.7. The van der Waals surface area contributed by atoms with Gasteiger partial charge in [0.15, 0.2) is 0 Å². The molecular weight excluding hydrogens is 311 g/mol. The average molecular weight is 314 g/mol. The molecule has 0 aliphatic heterocycles. The van der Waals surface area contributed by atoms with Crippen molar-refractivity contribution in [3.63, 3.8) is 0 Å². The monoisotopic (exact) mass is 314 g/mol. The molecule has 0 saturated carbocycles. The van der Waals surface area contributed by atoms with E-state index in [0.29, 0.717) is 0 Å². The minimum absolute atomic E-state index is 1.77. The molecular formula is C3H3N6O4PS3. The predicted octanol–water partition coefficient (Wildman–Crippen LogP) is 0.711. The number of thiocarbonyl (C=S) groups is 3. The normalized spacial score (nSPS) is 11.8. The van der Waals surface area contributed by atoms with E-state index in [0.717, 1.165) is 0 Å². The number of hydrazone groups is 3. The summed E-state index contributed by atoms with van der Waals surface area (Å²) in [4.78, 5) is 0. The second-order valence-corrected chi connectivity index (χ2v) is 3.59. The minimum Gasteiger partial charge on any atom is -0.222 e. The minimum atomic E-state index is -4.18. The van der Waals surface area contributed by atoms with E-state index >= 15 is 0 Å². The second-order valence-electron chi connectivity index (χ2n) is 1.60. The third-order valence-corrected chi connectivity index (χ3v) is 1.92. The Morgan fingerprint density at radius 1 is 0.824 bits per heavy atom. The van der Waals surface area contributed by atoms with Gasteiger partial charge >= 0.3 is 7.82 Å². The number of isothiocyanates is 3. The summed E-state index contributed by atoms with van der Waals surface area (Å²) in [5.41, 5.74) is 5.31. The fourth-order valence-corrected chi connectivity index (χ4v) is 0.969. The molecule has 0 atom stereocenters. The molecule has 0 spiro atoms. The van der Waals surface area contributed by atoms with E-state index in [1.54, 1.807) is 16.8 Å². The largest absolute Gasteiger partial charge is 0.543 e. The van der Waals surface area contributed by atoms with E-state index in [2.05, 4.69) is 65.8 Å². The second kappa shape index (κ2) is 10.1. The lowest BCUT2D eigenvalue weighted by atomic mass is 11.7. The highest BCUT2D eigenvalue weighted by molar-refractivity contribution is 7.78. The SMILES string of the molecule is O=P(ONN=C=S)(ONN=C=S)ONN=C=S.